The van der Waals surface area contributed by atoms with Gasteiger partial charge in [0.05, 0.1) is 12.4 Å². The number of sulfonamides is 1. The van der Waals surface area contributed by atoms with E-state index in [1.165, 1.54) is 12.4 Å². The highest BCUT2D eigenvalue weighted by Gasteiger charge is 2.34. The van der Waals surface area contributed by atoms with E-state index in [-0.39, 0.29) is 16.9 Å². The second kappa shape index (κ2) is 5.42. The molecule has 106 valence electrons. The Morgan fingerprint density at radius 2 is 2.00 bits per heavy atom. The maximum absolute atomic E-state index is 12.2. The fourth-order valence-corrected chi connectivity index (χ4v) is 3.97. The van der Waals surface area contributed by atoms with E-state index in [1.54, 1.807) is 0 Å². The van der Waals surface area contributed by atoms with Gasteiger partial charge in [0.15, 0.2) is 0 Å². The van der Waals surface area contributed by atoms with Gasteiger partial charge in [0, 0.05) is 6.04 Å². The number of hydrogen-bond donors (Lipinski definition) is 2. The highest BCUT2D eigenvalue weighted by atomic mass is 32.2. The van der Waals surface area contributed by atoms with Gasteiger partial charge in [-0.1, -0.05) is 20.3 Å². The summed E-state index contributed by atoms with van der Waals surface area (Å²) >= 11 is 0. The molecule has 19 heavy (non-hydrogen) atoms. The van der Waals surface area contributed by atoms with Gasteiger partial charge in [0.25, 0.3) is 0 Å². The molecule has 0 radical (unpaired) electrons. The quantitative estimate of drug-likeness (QED) is 0.864. The number of anilines is 1. The standard InChI is InChI=1S/C12H20N4O2S/c1-3-9-4-5-11(8(9)2)16-19(17,18)10-6-14-12(13)15-7-10/h6-9,11,16H,3-5H2,1-2H3,(H2,13,14,15). The van der Waals surface area contributed by atoms with Crippen LogP contribution >= 0.6 is 0 Å². The smallest absolute Gasteiger partial charge is 0.243 e. The molecule has 7 heteroatoms. The first-order valence-corrected chi connectivity index (χ1v) is 8.02. The average molecular weight is 284 g/mol. The van der Waals surface area contributed by atoms with Crippen molar-refractivity contribution in [3.63, 3.8) is 0 Å². The lowest BCUT2D eigenvalue weighted by Crippen LogP contribution is -2.37. The second-order valence-corrected chi connectivity index (χ2v) is 6.82. The number of rotatable bonds is 4. The molecule has 0 aliphatic heterocycles. The van der Waals surface area contributed by atoms with E-state index in [4.69, 9.17) is 5.73 Å². The van der Waals surface area contributed by atoms with E-state index in [2.05, 4.69) is 28.5 Å². The monoisotopic (exact) mass is 284 g/mol. The van der Waals surface area contributed by atoms with Gasteiger partial charge in [-0.15, -0.1) is 0 Å². The van der Waals surface area contributed by atoms with E-state index in [0.29, 0.717) is 11.8 Å². The summed E-state index contributed by atoms with van der Waals surface area (Å²) in [7, 11) is -3.56. The van der Waals surface area contributed by atoms with Crippen LogP contribution in [0.1, 0.15) is 33.1 Å². The minimum atomic E-state index is -3.56. The number of hydrogen-bond acceptors (Lipinski definition) is 5. The van der Waals surface area contributed by atoms with Gasteiger partial charge in [0.2, 0.25) is 16.0 Å². The molecule has 3 N–H and O–H groups in total. The van der Waals surface area contributed by atoms with Crippen molar-refractivity contribution >= 4 is 16.0 Å². The molecule has 1 saturated carbocycles. The first kappa shape index (κ1) is 14.2. The van der Waals surface area contributed by atoms with Crippen molar-refractivity contribution in [3.05, 3.63) is 12.4 Å². The zero-order valence-corrected chi connectivity index (χ0v) is 12.0. The Balaban J connectivity index is 2.12. The van der Waals surface area contributed by atoms with Crippen LogP contribution in [0.15, 0.2) is 17.3 Å². The van der Waals surface area contributed by atoms with Gasteiger partial charge in [-0.25, -0.2) is 23.1 Å². The number of nitrogens with one attached hydrogen (secondary N) is 1. The Labute approximate surface area is 113 Å². The maximum Gasteiger partial charge on any atom is 0.243 e. The molecule has 1 aliphatic carbocycles. The number of nitrogens with zero attached hydrogens (tertiary/aromatic N) is 2. The molecule has 1 aliphatic rings. The van der Waals surface area contributed by atoms with Gasteiger partial charge >= 0.3 is 0 Å². The number of aromatic nitrogens is 2. The molecule has 0 saturated heterocycles. The summed E-state index contributed by atoms with van der Waals surface area (Å²) in [6.45, 7) is 4.25. The van der Waals surface area contributed by atoms with Gasteiger partial charge in [-0.05, 0) is 24.7 Å². The van der Waals surface area contributed by atoms with Crippen molar-refractivity contribution in [2.75, 3.05) is 5.73 Å². The summed E-state index contributed by atoms with van der Waals surface area (Å²) in [5, 5.41) is 0. The Hall–Kier alpha value is -1.21. The third kappa shape index (κ3) is 3.03. The lowest BCUT2D eigenvalue weighted by molar-refractivity contribution is 0.368. The maximum atomic E-state index is 12.2. The third-order valence-electron chi connectivity index (χ3n) is 4.02. The van der Waals surface area contributed by atoms with E-state index < -0.39 is 10.0 Å². The summed E-state index contributed by atoms with van der Waals surface area (Å²) in [6.07, 6.45) is 5.52. The number of nitrogen functional groups attached to an aromatic ring is 1. The molecule has 3 atom stereocenters. The molecule has 3 unspecified atom stereocenters. The van der Waals surface area contributed by atoms with Crippen molar-refractivity contribution in [2.24, 2.45) is 11.8 Å². The lowest BCUT2D eigenvalue weighted by Gasteiger charge is -2.20. The van der Waals surface area contributed by atoms with Crippen LogP contribution in [0.5, 0.6) is 0 Å². The minimum Gasteiger partial charge on any atom is -0.368 e. The van der Waals surface area contributed by atoms with Gasteiger partial charge in [-0.2, -0.15) is 0 Å². The van der Waals surface area contributed by atoms with Crippen molar-refractivity contribution in [1.82, 2.24) is 14.7 Å². The van der Waals surface area contributed by atoms with E-state index >= 15 is 0 Å². The summed E-state index contributed by atoms with van der Waals surface area (Å²) in [5.41, 5.74) is 5.35. The summed E-state index contributed by atoms with van der Waals surface area (Å²) in [4.78, 5) is 7.50. The number of nitrogens with two attached hydrogens (primary N) is 1. The molecule has 0 amide bonds. The van der Waals surface area contributed by atoms with Crippen LogP contribution in [0.2, 0.25) is 0 Å². The topological polar surface area (TPSA) is 98.0 Å². The molecule has 6 nitrogen and oxygen atoms in total. The Morgan fingerprint density at radius 3 is 2.53 bits per heavy atom. The molecule has 2 rings (SSSR count). The SMILES string of the molecule is CCC1CCC(NS(=O)(=O)c2cnc(N)nc2)C1C. The molecular weight excluding hydrogens is 264 g/mol. The molecule has 0 bridgehead atoms. The second-order valence-electron chi connectivity index (χ2n) is 5.11. The van der Waals surface area contributed by atoms with Crippen LogP contribution in [0.3, 0.4) is 0 Å². The summed E-state index contributed by atoms with van der Waals surface area (Å²) in [6, 6.07) is -0.00694. The fourth-order valence-electron chi connectivity index (χ4n) is 2.72. The molecule has 1 aromatic heterocycles. The van der Waals surface area contributed by atoms with E-state index in [1.807, 2.05) is 0 Å². The zero-order valence-electron chi connectivity index (χ0n) is 11.2. The van der Waals surface area contributed by atoms with Gasteiger partial charge in [-0.3, -0.25) is 0 Å². The zero-order chi connectivity index (χ0) is 14.0. The lowest BCUT2D eigenvalue weighted by atomic mass is 9.94. The molecule has 1 heterocycles. The van der Waals surface area contributed by atoms with Crippen molar-refractivity contribution in [2.45, 2.75) is 44.0 Å². The highest BCUT2D eigenvalue weighted by molar-refractivity contribution is 7.89. The fraction of sp³-hybridized carbons (Fsp3) is 0.667. The minimum absolute atomic E-state index is 0.00694. The van der Waals surface area contributed by atoms with Crippen LogP contribution in [0.4, 0.5) is 5.95 Å². The van der Waals surface area contributed by atoms with Crippen LogP contribution in [0.25, 0.3) is 0 Å². The predicted molar refractivity (Wildman–Crippen MR) is 72.7 cm³/mol. The first-order valence-electron chi connectivity index (χ1n) is 6.54. The van der Waals surface area contributed by atoms with Gasteiger partial charge < -0.3 is 5.73 Å². The summed E-state index contributed by atoms with van der Waals surface area (Å²) in [5.74, 6) is 1.02. The van der Waals surface area contributed by atoms with Crippen LogP contribution < -0.4 is 10.5 Å². The van der Waals surface area contributed by atoms with E-state index in [0.717, 1.165) is 19.3 Å². The van der Waals surface area contributed by atoms with Crippen molar-refractivity contribution < 1.29 is 8.42 Å². The normalized spacial score (nSPS) is 27.6. The Kier molecular flexibility index (Phi) is 4.05. The molecule has 0 spiro atoms. The highest BCUT2D eigenvalue weighted by Crippen LogP contribution is 2.34. The van der Waals surface area contributed by atoms with Crippen LogP contribution in [-0.2, 0) is 10.0 Å². The molecule has 1 aromatic rings. The summed E-state index contributed by atoms with van der Waals surface area (Å²) < 4.78 is 27.2. The molecule has 0 aromatic carbocycles. The Morgan fingerprint density at radius 1 is 1.37 bits per heavy atom. The Bertz CT molecular complexity index is 529. The first-order chi connectivity index (χ1) is 8.94. The third-order valence-corrected chi connectivity index (χ3v) is 5.46. The predicted octanol–water partition coefficient (Wildman–Crippen LogP) is 1.16. The molecule has 1 fully saturated rings. The van der Waals surface area contributed by atoms with E-state index in [9.17, 15) is 8.42 Å². The van der Waals surface area contributed by atoms with Crippen molar-refractivity contribution in [3.8, 4) is 0 Å². The van der Waals surface area contributed by atoms with Crippen LogP contribution in [0, 0.1) is 11.8 Å². The van der Waals surface area contributed by atoms with Crippen LogP contribution in [-0.4, -0.2) is 24.4 Å². The van der Waals surface area contributed by atoms with Gasteiger partial charge in [0.1, 0.15) is 4.90 Å². The largest absolute Gasteiger partial charge is 0.368 e. The molecular formula is C12H20N4O2S. The van der Waals surface area contributed by atoms with Crippen molar-refractivity contribution in [1.29, 1.82) is 0 Å². The average Bonchev–Trinajstić information content (AvgIpc) is 2.70.